The Labute approximate surface area is 327 Å². The summed E-state index contributed by atoms with van der Waals surface area (Å²) < 4.78 is 22.5. The van der Waals surface area contributed by atoms with Crippen molar-refractivity contribution in [2.24, 2.45) is 0 Å². The van der Waals surface area contributed by atoms with Crippen LogP contribution in [0.15, 0.2) is 36.5 Å². The highest BCUT2D eigenvalue weighted by Crippen LogP contribution is 2.38. The number of carbonyl (C=O) groups is 1. The maximum absolute atomic E-state index is 12.1. The molecule has 0 heterocycles. The smallest absolute Gasteiger partial charge is 0.268 e. The van der Waals surface area contributed by atoms with Crippen LogP contribution in [0.2, 0.25) is 0 Å². The number of aliphatic hydroxyl groups is 1. The number of unbranched alkanes of at least 4 members (excludes halogenated alkanes) is 24. The Balaban J connectivity index is 3.69. The summed E-state index contributed by atoms with van der Waals surface area (Å²) in [6.45, 7) is 3.66. The first kappa shape index (κ1) is 51.7. The van der Waals surface area contributed by atoms with Crippen LogP contribution in [0.1, 0.15) is 187 Å². The summed E-state index contributed by atoms with van der Waals surface area (Å²) in [7, 11) is 1.22. The van der Waals surface area contributed by atoms with Crippen molar-refractivity contribution in [3.8, 4) is 0 Å². The number of allylic oxidation sites excluding steroid dienone is 5. The third-order valence-corrected chi connectivity index (χ3v) is 10.6. The van der Waals surface area contributed by atoms with E-state index >= 15 is 0 Å². The van der Waals surface area contributed by atoms with Crippen molar-refractivity contribution >= 4 is 13.7 Å². The van der Waals surface area contributed by atoms with E-state index in [1.54, 1.807) is 6.08 Å². The molecule has 0 rings (SSSR count). The molecule has 0 fully saturated rings. The van der Waals surface area contributed by atoms with Gasteiger partial charge in [-0.15, -0.1) is 0 Å². The fourth-order valence-electron chi connectivity index (χ4n) is 6.22. The standard InChI is InChI=1S/C44H85N2O6P/c1-6-7-8-9-10-11-12-13-14-15-16-17-18-19-20-21-22-23-24-25-26-27-28-29-30-31-32-33-34-35-36-37-38-44(48)43(45-42(2)47)41-52-53(49,50)51-40-39-46(3,4)5/h29-30,33-34,37-38,43-44,48H,6-28,31-32,35-36,39-41H2,1-5H3,(H-,45,47,49,50)/b30-29+,34-33+,38-37+. The minimum atomic E-state index is -4.55. The topological polar surface area (TPSA) is 108 Å². The summed E-state index contributed by atoms with van der Waals surface area (Å²) in [5.41, 5.74) is 0. The fraction of sp³-hybridized carbons (Fsp3) is 0.841. The normalized spacial score (nSPS) is 14.8. The second-order valence-electron chi connectivity index (χ2n) is 16.1. The maximum Gasteiger partial charge on any atom is 0.268 e. The zero-order valence-electron chi connectivity index (χ0n) is 35.2. The number of likely N-dealkylation sites (N-methyl/N-ethyl adjacent to an activating group) is 1. The Morgan fingerprint density at radius 2 is 1.02 bits per heavy atom. The number of carbonyl (C=O) groups excluding carboxylic acids is 1. The van der Waals surface area contributed by atoms with Crippen LogP contribution >= 0.6 is 7.82 Å². The van der Waals surface area contributed by atoms with E-state index in [9.17, 15) is 19.4 Å². The summed E-state index contributed by atoms with van der Waals surface area (Å²) in [6.07, 6.45) is 47.3. The number of amides is 1. The molecule has 312 valence electrons. The van der Waals surface area contributed by atoms with E-state index in [0.29, 0.717) is 11.0 Å². The van der Waals surface area contributed by atoms with Gasteiger partial charge in [0.05, 0.1) is 39.9 Å². The van der Waals surface area contributed by atoms with Crippen molar-refractivity contribution < 1.29 is 32.9 Å². The van der Waals surface area contributed by atoms with Gasteiger partial charge in [-0.25, -0.2) is 0 Å². The van der Waals surface area contributed by atoms with Crippen molar-refractivity contribution in [2.45, 2.75) is 199 Å². The van der Waals surface area contributed by atoms with Crippen molar-refractivity contribution in [3.05, 3.63) is 36.5 Å². The van der Waals surface area contributed by atoms with Gasteiger partial charge in [-0.1, -0.05) is 178 Å². The summed E-state index contributed by atoms with van der Waals surface area (Å²) in [5, 5.41) is 13.1. The van der Waals surface area contributed by atoms with Gasteiger partial charge in [-0.05, 0) is 38.5 Å². The maximum atomic E-state index is 12.1. The van der Waals surface area contributed by atoms with Gasteiger partial charge in [0, 0.05) is 6.92 Å². The molecule has 1 amide bonds. The third kappa shape index (κ3) is 40.2. The van der Waals surface area contributed by atoms with Gasteiger partial charge in [-0.3, -0.25) is 9.36 Å². The Morgan fingerprint density at radius 3 is 1.42 bits per heavy atom. The molecule has 0 spiro atoms. The van der Waals surface area contributed by atoms with E-state index in [0.717, 1.165) is 25.7 Å². The predicted octanol–water partition coefficient (Wildman–Crippen LogP) is 11.3. The largest absolute Gasteiger partial charge is 0.756 e. The number of phosphoric acid groups is 1. The number of phosphoric ester groups is 1. The molecule has 9 heteroatoms. The average Bonchev–Trinajstić information content (AvgIpc) is 3.09. The quantitative estimate of drug-likeness (QED) is 0.0279. The van der Waals surface area contributed by atoms with Crippen molar-refractivity contribution in [3.63, 3.8) is 0 Å². The first-order valence-corrected chi connectivity index (χ1v) is 23.3. The molecule has 0 aromatic heterocycles. The molecule has 0 aromatic carbocycles. The third-order valence-electron chi connectivity index (χ3n) is 9.62. The van der Waals surface area contributed by atoms with Crippen LogP contribution in [0.4, 0.5) is 0 Å². The van der Waals surface area contributed by atoms with Crippen LogP contribution < -0.4 is 10.2 Å². The Kier molecular flexibility index (Phi) is 35.5. The molecule has 0 aromatic rings. The molecule has 3 unspecified atom stereocenters. The molecular formula is C44H85N2O6P. The molecular weight excluding hydrogens is 683 g/mol. The second-order valence-corrected chi connectivity index (χ2v) is 17.5. The lowest BCUT2D eigenvalue weighted by molar-refractivity contribution is -0.870. The van der Waals surface area contributed by atoms with Crippen molar-refractivity contribution in [1.29, 1.82) is 0 Å². The average molecular weight is 769 g/mol. The Hall–Kier alpha value is -1.28. The Morgan fingerprint density at radius 1 is 0.642 bits per heavy atom. The first-order chi connectivity index (χ1) is 25.5. The molecule has 0 aliphatic carbocycles. The molecule has 0 saturated heterocycles. The lowest BCUT2D eigenvalue weighted by Gasteiger charge is -2.29. The SMILES string of the molecule is CCCCCCCCCCCCCCCCCCCCCCCC/C=C/CC/C=C/CC/C=C/C(O)C(COP(=O)([O-])OCC[N+](C)(C)C)NC(C)=O. The molecule has 0 aliphatic rings. The lowest BCUT2D eigenvalue weighted by Crippen LogP contribution is -2.45. The number of nitrogens with zero attached hydrogens (tertiary/aromatic N) is 1. The van der Waals surface area contributed by atoms with Crippen LogP contribution in [0.25, 0.3) is 0 Å². The van der Waals surface area contributed by atoms with Crippen LogP contribution in [-0.4, -0.2) is 68.5 Å². The monoisotopic (exact) mass is 769 g/mol. The number of hydrogen-bond donors (Lipinski definition) is 2. The Bertz CT molecular complexity index is 964. The molecule has 2 N–H and O–H groups in total. The summed E-state index contributed by atoms with van der Waals surface area (Å²) >= 11 is 0. The van der Waals surface area contributed by atoms with Crippen LogP contribution in [0, 0.1) is 0 Å². The lowest BCUT2D eigenvalue weighted by atomic mass is 10.0. The van der Waals surface area contributed by atoms with Gasteiger partial charge in [-0.2, -0.15) is 0 Å². The zero-order valence-corrected chi connectivity index (χ0v) is 36.1. The van der Waals surface area contributed by atoms with E-state index in [2.05, 4.69) is 36.5 Å². The molecule has 53 heavy (non-hydrogen) atoms. The van der Waals surface area contributed by atoms with Gasteiger partial charge in [0.1, 0.15) is 13.2 Å². The van der Waals surface area contributed by atoms with E-state index in [1.165, 1.54) is 155 Å². The fourth-order valence-corrected chi connectivity index (χ4v) is 6.94. The van der Waals surface area contributed by atoms with Gasteiger partial charge in [0.2, 0.25) is 5.91 Å². The molecule has 0 aliphatic heterocycles. The second kappa shape index (κ2) is 36.4. The van der Waals surface area contributed by atoms with E-state index in [4.69, 9.17) is 9.05 Å². The number of rotatable bonds is 39. The molecule has 0 radical (unpaired) electrons. The highest BCUT2D eigenvalue weighted by Gasteiger charge is 2.22. The molecule has 3 atom stereocenters. The zero-order chi connectivity index (χ0) is 39.3. The highest BCUT2D eigenvalue weighted by molar-refractivity contribution is 7.45. The number of hydrogen-bond acceptors (Lipinski definition) is 6. The molecule has 0 saturated carbocycles. The summed E-state index contributed by atoms with van der Waals surface area (Å²) in [6, 6.07) is -0.909. The number of quaternary nitrogens is 1. The van der Waals surface area contributed by atoms with E-state index in [-0.39, 0.29) is 12.5 Å². The van der Waals surface area contributed by atoms with Gasteiger partial charge < -0.3 is 28.8 Å². The number of aliphatic hydroxyl groups excluding tert-OH is 1. The molecule has 8 nitrogen and oxygen atoms in total. The van der Waals surface area contributed by atoms with E-state index < -0.39 is 26.6 Å². The minimum absolute atomic E-state index is 0.0129. The first-order valence-electron chi connectivity index (χ1n) is 21.8. The van der Waals surface area contributed by atoms with Gasteiger partial charge in [0.25, 0.3) is 7.82 Å². The van der Waals surface area contributed by atoms with Crippen LogP contribution in [0.3, 0.4) is 0 Å². The van der Waals surface area contributed by atoms with Gasteiger partial charge in [0.15, 0.2) is 0 Å². The predicted molar refractivity (Wildman–Crippen MR) is 224 cm³/mol. The van der Waals surface area contributed by atoms with Crippen molar-refractivity contribution in [2.75, 3.05) is 40.9 Å². The van der Waals surface area contributed by atoms with Crippen LogP contribution in [-0.2, 0) is 18.4 Å². The van der Waals surface area contributed by atoms with E-state index in [1.807, 2.05) is 27.2 Å². The van der Waals surface area contributed by atoms with Crippen molar-refractivity contribution in [1.82, 2.24) is 5.32 Å². The van der Waals surface area contributed by atoms with Gasteiger partial charge >= 0.3 is 0 Å². The summed E-state index contributed by atoms with van der Waals surface area (Å²) in [5.74, 6) is -0.388. The number of nitrogens with one attached hydrogen (secondary N) is 1. The minimum Gasteiger partial charge on any atom is -0.756 e. The summed E-state index contributed by atoms with van der Waals surface area (Å²) in [4.78, 5) is 23.7. The molecule has 0 bridgehead atoms. The highest BCUT2D eigenvalue weighted by atomic mass is 31.2. The van der Waals surface area contributed by atoms with Crippen LogP contribution in [0.5, 0.6) is 0 Å².